The van der Waals surface area contributed by atoms with Crippen LogP contribution in [0.5, 0.6) is 0 Å². The molecule has 0 saturated carbocycles. The van der Waals surface area contributed by atoms with Gasteiger partial charge in [0.15, 0.2) is 0 Å². The SMILES string of the molecule is CCCCCCCOC(=O)Cc1ccccc1C. The molecule has 1 aromatic rings. The number of unbranched alkanes of at least 4 members (excludes halogenated alkanes) is 4. The number of hydrogen-bond acceptors (Lipinski definition) is 2. The van der Waals surface area contributed by atoms with E-state index in [0.717, 1.165) is 24.0 Å². The number of rotatable bonds is 8. The van der Waals surface area contributed by atoms with Crippen LogP contribution in [-0.2, 0) is 16.0 Å². The van der Waals surface area contributed by atoms with Crippen LogP contribution in [0.15, 0.2) is 24.3 Å². The Hall–Kier alpha value is -1.31. The first-order valence-electron chi connectivity index (χ1n) is 6.94. The highest BCUT2D eigenvalue weighted by Crippen LogP contribution is 2.09. The van der Waals surface area contributed by atoms with Gasteiger partial charge in [-0.1, -0.05) is 56.9 Å². The molecule has 100 valence electrons. The predicted octanol–water partition coefficient (Wildman–Crippen LogP) is 4.05. The third-order valence-electron chi connectivity index (χ3n) is 3.11. The van der Waals surface area contributed by atoms with Crippen LogP contribution in [0.25, 0.3) is 0 Å². The van der Waals surface area contributed by atoms with Crippen molar-refractivity contribution >= 4 is 5.97 Å². The van der Waals surface area contributed by atoms with Crippen LogP contribution < -0.4 is 0 Å². The Morgan fingerprint density at radius 2 is 1.83 bits per heavy atom. The van der Waals surface area contributed by atoms with Crippen molar-refractivity contribution in [2.45, 2.75) is 52.4 Å². The monoisotopic (exact) mass is 248 g/mol. The maximum Gasteiger partial charge on any atom is 0.310 e. The van der Waals surface area contributed by atoms with Crippen LogP contribution in [0.3, 0.4) is 0 Å². The van der Waals surface area contributed by atoms with Gasteiger partial charge in [-0.15, -0.1) is 0 Å². The topological polar surface area (TPSA) is 26.3 Å². The summed E-state index contributed by atoms with van der Waals surface area (Å²) >= 11 is 0. The minimum atomic E-state index is -0.111. The molecule has 2 heteroatoms. The average molecular weight is 248 g/mol. The Bertz CT molecular complexity index is 358. The first-order chi connectivity index (χ1) is 8.74. The lowest BCUT2D eigenvalue weighted by Crippen LogP contribution is -2.09. The summed E-state index contributed by atoms with van der Waals surface area (Å²) in [6.07, 6.45) is 6.29. The molecule has 1 aromatic carbocycles. The van der Waals surface area contributed by atoms with Crippen molar-refractivity contribution in [1.29, 1.82) is 0 Å². The molecule has 0 aliphatic heterocycles. The first-order valence-corrected chi connectivity index (χ1v) is 6.94. The second-order valence-electron chi connectivity index (χ2n) is 4.74. The molecular formula is C16H24O2. The number of benzene rings is 1. The summed E-state index contributed by atoms with van der Waals surface area (Å²) in [6.45, 7) is 4.78. The summed E-state index contributed by atoms with van der Waals surface area (Å²) in [4.78, 5) is 11.6. The van der Waals surface area contributed by atoms with E-state index >= 15 is 0 Å². The minimum Gasteiger partial charge on any atom is -0.465 e. The van der Waals surface area contributed by atoms with Crippen molar-refractivity contribution in [2.75, 3.05) is 6.61 Å². The van der Waals surface area contributed by atoms with E-state index in [2.05, 4.69) is 6.92 Å². The van der Waals surface area contributed by atoms with E-state index < -0.39 is 0 Å². The smallest absolute Gasteiger partial charge is 0.310 e. The molecule has 1 rings (SSSR count). The molecule has 0 aliphatic rings. The largest absolute Gasteiger partial charge is 0.465 e. The van der Waals surface area contributed by atoms with E-state index in [1.54, 1.807) is 0 Å². The van der Waals surface area contributed by atoms with Gasteiger partial charge in [-0.3, -0.25) is 4.79 Å². The summed E-state index contributed by atoms with van der Waals surface area (Å²) in [7, 11) is 0. The fourth-order valence-electron chi connectivity index (χ4n) is 1.91. The molecule has 0 amide bonds. The van der Waals surface area contributed by atoms with Gasteiger partial charge in [-0.2, -0.15) is 0 Å². The van der Waals surface area contributed by atoms with Crippen molar-refractivity contribution in [3.05, 3.63) is 35.4 Å². The fourth-order valence-corrected chi connectivity index (χ4v) is 1.91. The van der Waals surface area contributed by atoms with E-state index in [0.29, 0.717) is 13.0 Å². The van der Waals surface area contributed by atoms with Gasteiger partial charge in [0.25, 0.3) is 0 Å². The standard InChI is InChI=1S/C16H24O2/c1-3-4-5-6-9-12-18-16(17)13-15-11-8-7-10-14(15)2/h7-8,10-11H,3-6,9,12-13H2,1-2H3. The number of carbonyl (C=O) groups excluding carboxylic acids is 1. The van der Waals surface area contributed by atoms with Gasteiger partial charge in [-0.05, 0) is 24.5 Å². The van der Waals surface area contributed by atoms with E-state index in [1.807, 2.05) is 31.2 Å². The van der Waals surface area contributed by atoms with Crippen molar-refractivity contribution in [3.8, 4) is 0 Å². The number of ether oxygens (including phenoxy) is 1. The quantitative estimate of drug-likeness (QED) is 0.512. The van der Waals surface area contributed by atoms with E-state index in [9.17, 15) is 4.79 Å². The zero-order valence-electron chi connectivity index (χ0n) is 11.6. The second-order valence-corrected chi connectivity index (χ2v) is 4.74. The van der Waals surface area contributed by atoms with Gasteiger partial charge in [0, 0.05) is 0 Å². The van der Waals surface area contributed by atoms with Gasteiger partial charge in [0.2, 0.25) is 0 Å². The molecule has 0 fully saturated rings. The molecular weight excluding hydrogens is 224 g/mol. The minimum absolute atomic E-state index is 0.111. The van der Waals surface area contributed by atoms with Gasteiger partial charge < -0.3 is 4.74 Å². The summed E-state index contributed by atoms with van der Waals surface area (Å²) in [5.41, 5.74) is 2.21. The third kappa shape index (κ3) is 5.85. The summed E-state index contributed by atoms with van der Waals surface area (Å²) in [5.74, 6) is -0.111. The molecule has 0 unspecified atom stereocenters. The van der Waals surface area contributed by atoms with Crippen LogP contribution in [-0.4, -0.2) is 12.6 Å². The third-order valence-corrected chi connectivity index (χ3v) is 3.11. The molecule has 0 N–H and O–H groups in total. The van der Waals surface area contributed by atoms with Crippen LogP contribution in [0.2, 0.25) is 0 Å². The van der Waals surface area contributed by atoms with Gasteiger partial charge in [0.1, 0.15) is 0 Å². The number of carbonyl (C=O) groups is 1. The number of aryl methyl sites for hydroxylation is 1. The zero-order valence-corrected chi connectivity index (χ0v) is 11.6. The molecule has 0 spiro atoms. The molecule has 0 bridgehead atoms. The Balaban J connectivity index is 2.16. The van der Waals surface area contributed by atoms with E-state index in [1.165, 1.54) is 19.3 Å². The lowest BCUT2D eigenvalue weighted by molar-refractivity contribution is -0.142. The van der Waals surface area contributed by atoms with Crippen molar-refractivity contribution in [1.82, 2.24) is 0 Å². The lowest BCUT2D eigenvalue weighted by Gasteiger charge is -2.06. The van der Waals surface area contributed by atoms with Crippen LogP contribution >= 0.6 is 0 Å². The van der Waals surface area contributed by atoms with Gasteiger partial charge in [-0.25, -0.2) is 0 Å². The predicted molar refractivity (Wildman–Crippen MR) is 74.6 cm³/mol. The van der Waals surface area contributed by atoms with Crippen LogP contribution in [0.1, 0.15) is 50.2 Å². The summed E-state index contributed by atoms with van der Waals surface area (Å²) in [6, 6.07) is 7.95. The van der Waals surface area contributed by atoms with Crippen molar-refractivity contribution in [3.63, 3.8) is 0 Å². The molecule has 0 heterocycles. The average Bonchev–Trinajstić information content (AvgIpc) is 2.36. The Morgan fingerprint density at radius 3 is 2.56 bits per heavy atom. The highest BCUT2D eigenvalue weighted by molar-refractivity contribution is 5.73. The highest BCUT2D eigenvalue weighted by atomic mass is 16.5. The van der Waals surface area contributed by atoms with Crippen LogP contribution in [0, 0.1) is 6.92 Å². The van der Waals surface area contributed by atoms with Crippen molar-refractivity contribution < 1.29 is 9.53 Å². The van der Waals surface area contributed by atoms with Gasteiger partial charge in [0.05, 0.1) is 13.0 Å². The Morgan fingerprint density at radius 1 is 1.11 bits per heavy atom. The number of hydrogen-bond donors (Lipinski definition) is 0. The molecule has 2 nitrogen and oxygen atoms in total. The lowest BCUT2D eigenvalue weighted by atomic mass is 10.1. The van der Waals surface area contributed by atoms with Gasteiger partial charge >= 0.3 is 5.97 Å². The van der Waals surface area contributed by atoms with Crippen molar-refractivity contribution in [2.24, 2.45) is 0 Å². The summed E-state index contributed by atoms with van der Waals surface area (Å²) in [5, 5.41) is 0. The molecule has 0 radical (unpaired) electrons. The van der Waals surface area contributed by atoms with E-state index in [4.69, 9.17) is 4.74 Å². The maximum absolute atomic E-state index is 11.6. The Kier molecular flexibility index (Phi) is 7.16. The normalized spacial score (nSPS) is 10.3. The zero-order chi connectivity index (χ0) is 13.2. The number of esters is 1. The first kappa shape index (κ1) is 14.7. The molecule has 0 saturated heterocycles. The molecule has 0 aromatic heterocycles. The Labute approximate surface area is 110 Å². The maximum atomic E-state index is 11.6. The second kappa shape index (κ2) is 8.73. The van der Waals surface area contributed by atoms with Crippen LogP contribution in [0.4, 0.5) is 0 Å². The highest BCUT2D eigenvalue weighted by Gasteiger charge is 2.06. The molecule has 0 aliphatic carbocycles. The molecule has 18 heavy (non-hydrogen) atoms. The van der Waals surface area contributed by atoms with E-state index in [-0.39, 0.29) is 5.97 Å². The summed E-state index contributed by atoms with van der Waals surface area (Å²) < 4.78 is 5.24. The fraction of sp³-hybridized carbons (Fsp3) is 0.562. The molecule has 0 atom stereocenters.